The van der Waals surface area contributed by atoms with Crippen molar-refractivity contribution < 1.29 is 14.6 Å². The van der Waals surface area contributed by atoms with E-state index in [1.165, 1.54) is 6.92 Å². The largest absolute Gasteiger partial charge is 0.384 e. The maximum absolute atomic E-state index is 11.5. The number of rotatable bonds is 6. The Balaban J connectivity index is 2.15. The Morgan fingerprint density at radius 2 is 2.00 bits per heavy atom. The number of hydrogen-bond donors (Lipinski definition) is 1. The summed E-state index contributed by atoms with van der Waals surface area (Å²) in [6.07, 6.45) is 0.164. The monoisotopic (exact) mass is 244 g/mol. The molecule has 0 aromatic rings. The number of nitrogens with zero attached hydrogens (tertiary/aromatic N) is 2. The SMILES string of the molecule is CCOCCCN1CCN(C(=O)C(C)O)CC1. The van der Waals surface area contributed by atoms with Crippen molar-refractivity contribution in [3.63, 3.8) is 0 Å². The molecule has 5 heteroatoms. The van der Waals surface area contributed by atoms with Gasteiger partial charge in [0.15, 0.2) is 0 Å². The molecule has 1 atom stereocenters. The van der Waals surface area contributed by atoms with Crippen molar-refractivity contribution in [3.8, 4) is 0 Å². The summed E-state index contributed by atoms with van der Waals surface area (Å²) in [6, 6.07) is 0. The molecule has 1 fully saturated rings. The zero-order valence-corrected chi connectivity index (χ0v) is 10.9. The van der Waals surface area contributed by atoms with Crippen LogP contribution in [-0.2, 0) is 9.53 Å². The third kappa shape index (κ3) is 5.02. The number of aliphatic hydroxyl groups excluding tert-OH is 1. The van der Waals surface area contributed by atoms with E-state index in [0.717, 1.165) is 52.4 Å². The van der Waals surface area contributed by atoms with Crippen LogP contribution in [0.5, 0.6) is 0 Å². The Hall–Kier alpha value is -0.650. The predicted octanol–water partition coefficient (Wildman–Crippen LogP) is -0.0620. The van der Waals surface area contributed by atoms with Crippen LogP contribution < -0.4 is 0 Å². The van der Waals surface area contributed by atoms with Crippen LogP contribution in [0.2, 0.25) is 0 Å². The topological polar surface area (TPSA) is 53.0 Å². The summed E-state index contributed by atoms with van der Waals surface area (Å²) in [5, 5.41) is 9.22. The lowest BCUT2D eigenvalue weighted by Gasteiger charge is -2.35. The first-order valence-corrected chi connectivity index (χ1v) is 6.42. The summed E-state index contributed by atoms with van der Waals surface area (Å²) in [5.74, 6) is -0.154. The quantitative estimate of drug-likeness (QED) is 0.665. The van der Waals surface area contributed by atoms with Gasteiger partial charge in [-0.25, -0.2) is 0 Å². The lowest BCUT2D eigenvalue weighted by Crippen LogP contribution is -2.51. The molecule has 0 aromatic heterocycles. The van der Waals surface area contributed by atoms with Crippen molar-refractivity contribution >= 4 is 5.91 Å². The Kier molecular flexibility index (Phi) is 6.47. The molecule has 1 aliphatic heterocycles. The lowest BCUT2D eigenvalue weighted by atomic mass is 10.2. The van der Waals surface area contributed by atoms with E-state index in [9.17, 15) is 9.90 Å². The molecule has 1 aliphatic rings. The minimum absolute atomic E-state index is 0.154. The van der Waals surface area contributed by atoms with Crippen molar-refractivity contribution in [1.82, 2.24) is 9.80 Å². The van der Waals surface area contributed by atoms with Gasteiger partial charge in [0.25, 0.3) is 5.91 Å². The normalized spacial score (nSPS) is 19.4. The molecular weight excluding hydrogens is 220 g/mol. The van der Waals surface area contributed by atoms with Gasteiger partial charge in [-0.1, -0.05) is 0 Å². The second-order valence-electron chi connectivity index (χ2n) is 4.39. The van der Waals surface area contributed by atoms with E-state index in [-0.39, 0.29) is 5.91 Å². The van der Waals surface area contributed by atoms with Gasteiger partial charge in [0.1, 0.15) is 6.10 Å². The highest BCUT2D eigenvalue weighted by Crippen LogP contribution is 2.04. The first-order chi connectivity index (χ1) is 8.15. The second-order valence-corrected chi connectivity index (χ2v) is 4.39. The van der Waals surface area contributed by atoms with Crippen molar-refractivity contribution in [2.24, 2.45) is 0 Å². The average molecular weight is 244 g/mol. The van der Waals surface area contributed by atoms with Crippen LogP contribution in [0, 0.1) is 0 Å². The first kappa shape index (κ1) is 14.4. The van der Waals surface area contributed by atoms with E-state index in [1.54, 1.807) is 4.90 Å². The molecule has 1 amide bonds. The van der Waals surface area contributed by atoms with E-state index in [1.807, 2.05) is 6.92 Å². The summed E-state index contributed by atoms with van der Waals surface area (Å²) in [5.41, 5.74) is 0. The van der Waals surface area contributed by atoms with Crippen LogP contribution in [0.25, 0.3) is 0 Å². The average Bonchev–Trinajstić information content (AvgIpc) is 2.34. The molecule has 0 saturated carbocycles. The summed E-state index contributed by atoms with van der Waals surface area (Å²) in [4.78, 5) is 15.6. The zero-order chi connectivity index (χ0) is 12.7. The maximum Gasteiger partial charge on any atom is 0.251 e. The van der Waals surface area contributed by atoms with Crippen LogP contribution in [0.15, 0.2) is 0 Å². The van der Waals surface area contributed by atoms with Gasteiger partial charge in [0.2, 0.25) is 0 Å². The van der Waals surface area contributed by atoms with Gasteiger partial charge in [-0.2, -0.15) is 0 Å². The molecule has 1 saturated heterocycles. The molecule has 0 aromatic carbocycles. The highest BCUT2D eigenvalue weighted by Gasteiger charge is 2.23. The third-order valence-electron chi connectivity index (χ3n) is 3.01. The number of carbonyl (C=O) groups excluding carboxylic acids is 1. The minimum atomic E-state index is -0.875. The molecule has 0 bridgehead atoms. The van der Waals surface area contributed by atoms with E-state index in [0.29, 0.717) is 0 Å². The molecule has 0 radical (unpaired) electrons. The fraction of sp³-hybridized carbons (Fsp3) is 0.917. The number of aliphatic hydroxyl groups is 1. The van der Waals surface area contributed by atoms with Gasteiger partial charge < -0.3 is 14.7 Å². The Morgan fingerprint density at radius 3 is 2.53 bits per heavy atom. The van der Waals surface area contributed by atoms with Crippen LogP contribution >= 0.6 is 0 Å². The highest BCUT2D eigenvalue weighted by molar-refractivity contribution is 5.80. The molecule has 0 aliphatic carbocycles. The van der Waals surface area contributed by atoms with E-state index in [2.05, 4.69) is 4.90 Å². The fourth-order valence-corrected chi connectivity index (χ4v) is 1.99. The number of ether oxygens (including phenoxy) is 1. The Labute approximate surface area is 103 Å². The van der Waals surface area contributed by atoms with Gasteiger partial charge >= 0.3 is 0 Å². The van der Waals surface area contributed by atoms with Gasteiger partial charge in [-0.15, -0.1) is 0 Å². The van der Waals surface area contributed by atoms with Crippen LogP contribution in [-0.4, -0.2) is 72.9 Å². The predicted molar refractivity (Wildman–Crippen MR) is 65.8 cm³/mol. The summed E-state index contributed by atoms with van der Waals surface area (Å²) >= 11 is 0. The lowest BCUT2D eigenvalue weighted by molar-refractivity contribution is -0.141. The fourth-order valence-electron chi connectivity index (χ4n) is 1.99. The van der Waals surface area contributed by atoms with Crippen LogP contribution in [0.4, 0.5) is 0 Å². The Morgan fingerprint density at radius 1 is 1.35 bits per heavy atom. The number of carbonyl (C=O) groups is 1. The van der Waals surface area contributed by atoms with E-state index in [4.69, 9.17) is 4.74 Å². The molecule has 1 unspecified atom stereocenters. The molecule has 100 valence electrons. The van der Waals surface area contributed by atoms with Crippen LogP contribution in [0.3, 0.4) is 0 Å². The smallest absolute Gasteiger partial charge is 0.251 e. The van der Waals surface area contributed by atoms with E-state index < -0.39 is 6.10 Å². The number of hydrogen-bond acceptors (Lipinski definition) is 4. The molecule has 5 nitrogen and oxygen atoms in total. The Bertz CT molecular complexity index is 226. The van der Waals surface area contributed by atoms with Crippen molar-refractivity contribution in [2.75, 3.05) is 45.9 Å². The number of amides is 1. The minimum Gasteiger partial charge on any atom is -0.384 e. The van der Waals surface area contributed by atoms with Gasteiger partial charge in [-0.3, -0.25) is 9.69 Å². The first-order valence-electron chi connectivity index (χ1n) is 6.42. The van der Waals surface area contributed by atoms with Crippen molar-refractivity contribution in [2.45, 2.75) is 26.4 Å². The molecule has 1 heterocycles. The van der Waals surface area contributed by atoms with E-state index >= 15 is 0 Å². The van der Waals surface area contributed by atoms with Gasteiger partial charge in [0, 0.05) is 45.9 Å². The standard InChI is InChI=1S/C12H24N2O3/c1-3-17-10-4-5-13-6-8-14(9-7-13)12(16)11(2)15/h11,15H,3-10H2,1-2H3. The highest BCUT2D eigenvalue weighted by atomic mass is 16.5. The number of piperazine rings is 1. The zero-order valence-electron chi connectivity index (χ0n) is 10.9. The molecule has 1 rings (SSSR count). The van der Waals surface area contributed by atoms with Crippen molar-refractivity contribution in [1.29, 1.82) is 0 Å². The van der Waals surface area contributed by atoms with Gasteiger partial charge in [0.05, 0.1) is 0 Å². The van der Waals surface area contributed by atoms with Crippen LogP contribution in [0.1, 0.15) is 20.3 Å². The molecule has 0 spiro atoms. The maximum atomic E-state index is 11.5. The third-order valence-corrected chi connectivity index (χ3v) is 3.01. The molecular formula is C12H24N2O3. The van der Waals surface area contributed by atoms with Crippen molar-refractivity contribution in [3.05, 3.63) is 0 Å². The summed E-state index contributed by atoms with van der Waals surface area (Å²) in [6.45, 7) is 9.36. The summed E-state index contributed by atoms with van der Waals surface area (Å²) in [7, 11) is 0. The van der Waals surface area contributed by atoms with Gasteiger partial charge in [-0.05, 0) is 20.3 Å². The summed E-state index contributed by atoms with van der Waals surface area (Å²) < 4.78 is 5.29. The molecule has 1 N–H and O–H groups in total. The second kappa shape index (κ2) is 7.63. The molecule has 17 heavy (non-hydrogen) atoms.